The van der Waals surface area contributed by atoms with Crippen LogP contribution in [0, 0.1) is 12.8 Å². The fourth-order valence-corrected chi connectivity index (χ4v) is 3.53. The first-order valence-electron chi connectivity index (χ1n) is 7.74. The van der Waals surface area contributed by atoms with E-state index in [1.165, 1.54) is 11.2 Å². The third-order valence-electron chi connectivity index (χ3n) is 3.86. The van der Waals surface area contributed by atoms with Crippen LogP contribution in [0.4, 0.5) is 0 Å². The zero-order chi connectivity index (χ0) is 17.1. The number of carbonyl (C=O) groups excluding carboxylic acids is 1. The summed E-state index contributed by atoms with van der Waals surface area (Å²) in [6, 6.07) is 9.59. The molecule has 6 nitrogen and oxygen atoms in total. The molecule has 124 valence electrons. The van der Waals surface area contributed by atoms with Crippen LogP contribution in [0.3, 0.4) is 0 Å². The molecular formula is C17H19N5OS. The number of nitrogens with one attached hydrogen (secondary N) is 1. The number of thiophene rings is 1. The molecule has 1 aromatic carbocycles. The molecule has 2 heterocycles. The van der Waals surface area contributed by atoms with E-state index in [4.69, 9.17) is 0 Å². The van der Waals surface area contributed by atoms with Crippen molar-refractivity contribution < 1.29 is 4.79 Å². The average molecular weight is 341 g/mol. The topological polar surface area (TPSA) is 72.7 Å². The van der Waals surface area contributed by atoms with Crippen molar-refractivity contribution in [1.29, 1.82) is 0 Å². The Hall–Kier alpha value is -2.54. The molecule has 0 unspecified atom stereocenters. The Bertz CT molecular complexity index is 812. The first-order valence-corrected chi connectivity index (χ1v) is 8.62. The molecule has 1 amide bonds. The zero-order valence-corrected chi connectivity index (χ0v) is 14.6. The van der Waals surface area contributed by atoms with Crippen LogP contribution >= 0.6 is 11.3 Å². The van der Waals surface area contributed by atoms with Gasteiger partial charge in [0.1, 0.15) is 6.33 Å². The van der Waals surface area contributed by atoms with Gasteiger partial charge in [-0.1, -0.05) is 19.9 Å². The minimum absolute atomic E-state index is 0.0111. The van der Waals surface area contributed by atoms with Crippen LogP contribution in [0.2, 0.25) is 0 Å². The number of carbonyl (C=O) groups is 1. The molecule has 0 spiro atoms. The Labute approximate surface area is 144 Å². The smallest absolute Gasteiger partial charge is 0.251 e. The van der Waals surface area contributed by atoms with Crippen LogP contribution < -0.4 is 5.32 Å². The monoisotopic (exact) mass is 341 g/mol. The maximum Gasteiger partial charge on any atom is 0.251 e. The number of tetrazole rings is 1. The normalized spacial score (nSPS) is 12.3. The van der Waals surface area contributed by atoms with Crippen molar-refractivity contribution in [1.82, 2.24) is 25.5 Å². The molecule has 2 aromatic heterocycles. The second-order valence-corrected chi connectivity index (χ2v) is 6.95. The van der Waals surface area contributed by atoms with Gasteiger partial charge in [0.2, 0.25) is 0 Å². The van der Waals surface area contributed by atoms with Crippen LogP contribution in [0.1, 0.15) is 40.7 Å². The number of hydrogen-bond donors (Lipinski definition) is 1. The summed E-state index contributed by atoms with van der Waals surface area (Å²) in [6.45, 7) is 6.15. The molecule has 0 saturated heterocycles. The van der Waals surface area contributed by atoms with E-state index in [1.807, 2.05) is 30.5 Å². The first-order chi connectivity index (χ1) is 11.6. The maximum atomic E-state index is 12.7. The lowest BCUT2D eigenvalue weighted by molar-refractivity contribution is 0.0926. The van der Waals surface area contributed by atoms with Crippen LogP contribution in [-0.2, 0) is 0 Å². The van der Waals surface area contributed by atoms with Crippen molar-refractivity contribution in [2.75, 3.05) is 0 Å². The second kappa shape index (κ2) is 6.92. The molecule has 24 heavy (non-hydrogen) atoms. The van der Waals surface area contributed by atoms with Crippen molar-refractivity contribution in [3.63, 3.8) is 0 Å². The van der Waals surface area contributed by atoms with E-state index in [0.717, 1.165) is 11.3 Å². The predicted molar refractivity (Wildman–Crippen MR) is 93.3 cm³/mol. The Morgan fingerprint density at radius 2 is 2.12 bits per heavy atom. The Morgan fingerprint density at radius 1 is 1.29 bits per heavy atom. The van der Waals surface area contributed by atoms with Crippen molar-refractivity contribution in [3.05, 3.63) is 58.0 Å². The fraction of sp³-hybridized carbons (Fsp3) is 0.294. The highest BCUT2D eigenvalue weighted by molar-refractivity contribution is 7.10. The number of amides is 1. The molecule has 0 radical (unpaired) electrons. The van der Waals surface area contributed by atoms with E-state index in [9.17, 15) is 4.79 Å². The molecule has 7 heteroatoms. The number of rotatable bonds is 5. The van der Waals surface area contributed by atoms with Crippen LogP contribution in [-0.4, -0.2) is 26.1 Å². The van der Waals surface area contributed by atoms with Gasteiger partial charge in [0, 0.05) is 10.4 Å². The van der Waals surface area contributed by atoms with Gasteiger partial charge < -0.3 is 5.32 Å². The number of hydrogen-bond acceptors (Lipinski definition) is 5. The Morgan fingerprint density at radius 3 is 2.71 bits per heavy atom. The van der Waals surface area contributed by atoms with Gasteiger partial charge in [-0.2, -0.15) is 0 Å². The van der Waals surface area contributed by atoms with E-state index in [-0.39, 0.29) is 11.9 Å². The molecule has 1 N–H and O–H groups in total. The van der Waals surface area contributed by atoms with Gasteiger partial charge >= 0.3 is 0 Å². The van der Waals surface area contributed by atoms with Crippen molar-refractivity contribution in [2.24, 2.45) is 5.92 Å². The Balaban J connectivity index is 1.81. The van der Waals surface area contributed by atoms with E-state index in [1.54, 1.807) is 22.1 Å². The van der Waals surface area contributed by atoms with Gasteiger partial charge in [0.25, 0.3) is 5.91 Å². The SMILES string of the molecule is Cc1cc(C(=O)N[C@@H](c2cccs2)C(C)C)ccc1-n1cnnn1. The van der Waals surface area contributed by atoms with E-state index >= 15 is 0 Å². The first kappa shape index (κ1) is 16.3. The van der Waals surface area contributed by atoms with Crippen molar-refractivity contribution in [2.45, 2.75) is 26.8 Å². The predicted octanol–water partition coefficient (Wildman–Crippen LogP) is 3.16. The molecular weight excluding hydrogens is 322 g/mol. The molecule has 0 aliphatic carbocycles. The highest BCUT2D eigenvalue weighted by atomic mass is 32.1. The minimum Gasteiger partial charge on any atom is -0.344 e. The number of benzene rings is 1. The van der Waals surface area contributed by atoms with Crippen molar-refractivity contribution in [3.8, 4) is 5.69 Å². The zero-order valence-electron chi connectivity index (χ0n) is 13.8. The standard InChI is InChI=1S/C17H19N5OS/c1-11(2)16(15-5-4-8-24-15)19-17(23)13-6-7-14(12(3)9-13)22-10-18-20-21-22/h4-11,16H,1-3H3,(H,19,23)/t16-/m1/s1. The lowest BCUT2D eigenvalue weighted by Crippen LogP contribution is -2.31. The third-order valence-corrected chi connectivity index (χ3v) is 4.81. The molecule has 0 saturated carbocycles. The highest BCUT2D eigenvalue weighted by Gasteiger charge is 2.20. The van der Waals surface area contributed by atoms with Gasteiger partial charge in [-0.15, -0.1) is 16.4 Å². The summed E-state index contributed by atoms with van der Waals surface area (Å²) in [5.41, 5.74) is 2.42. The summed E-state index contributed by atoms with van der Waals surface area (Å²) in [5.74, 6) is 0.239. The van der Waals surface area contributed by atoms with Gasteiger partial charge in [0.15, 0.2) is 0 Å². The highest BCUT2D eigenvalue weighted by Crippen LogP contribution is 2.26. The molecule has 3 rings (SSSR count). The summed E-state index contributed by atoms with van der Waals surface area (Å²) >= 11 is 1.66. The second-order valence-electron chi connectivity index (χ2n) is 5.97. The van der Waals surface area contributed by atoms with Gasteiger partial charge in [-0.05, 0) is 58.5 Å². The van der Waals surface area contributed by atoms with E-state index < -0.39 is 0 Å². The molecule has 0 fully saturated rings. The number of nitrogens with zero attached hydrogens (tertiary/aromatic N) is 4. The number of aryl methyl sites for hydroxylation is 1. The summed E-state index contributed by atoms with van der Waals surface area (Å²) in [6.07, 6.45) is 1.54. The number of aromatic nitrogens is 4. The third kappa shape index (κ3) is 3.35. The molecule has 3 aromatic rings. The van der Waals surface area contributed by atoms with E-state index in [2.05, 4.69) is 40.8 Å². The van der Waals surface area contributed by atoms with Gasteiger partial charge in [-0.3, -0.25) is 4.79 Å². The van der Waals surface area contributed by atoms with Gasteiger partial charge in [-0.25, -0.2) is 4.68 Å². The van der Waals surface area contributed by atoms with Gasteiger partial charge in [0.05, 0.1) is 11.7 Å². The summed E-state index contributed by atoms with van der Waals surface area (Å²) < 4.78 is 1.58. The molecule has 0 bridgehead atoms. The quantitative estimate of drug-likeness (QED) is 0.774. The summed E-state index contributed by atoms with van der Waals surface area (Å²) in [4.78, 5) is 13.8. The molecule has 1 atom stereocenters. The maximum absolute atomic E-state index is 12.7. The van der Waals surface area contributed by atoms with Crippen molar-refractivity contribution >= 4 is 17.2 Å². The fourth-order valence-electron chi connectivity index (χ4n) is 2.58. The lowest BCUT2D eigenvalue weighted by Gasteiger charge is -2.21. The average Bonchev–Trinajstić information content (AvgIpc) is 3.25. The molecule has 0 aliphatic rings. The lowest BCUT2D eigenvalue weighted by atomic mass is 10.0. The van der Waals surface area contributed by atoms with Crippen LogP contribution in [0.15, 0.2) is 42.0 Å². The minimum atomic E-state index is -0.0755. The van der Waals surface area contributed by atoms with Crippen LogP contribution in [0.25, 0.3) is 5.69 Å². The summed E-state index contributed by atoms with van der Waals surface area (Å²) in [7, 11) is 0. The summed E-state index contributed by atoms with van der Waals surface area (Å²) in [5, 5.41) is 16.3. The largest absolute Gasteiger partial charge is 0.344 e. The van der Waals surface area contributed by atoms with Crippen LogP contribution in [0.5, 0.6) is 0 Å². The Kier molecular flexibility index (Phi) is 4.71. The van der Waals surface area contributed by atoms with E-state index in [0.29, 0.717) is 11.5 Å². The molecule has 0 aliphatic heterocycles.